The Morgan fingerprint density at radius 2 is 1.90 bits per heavy atom. The number of halogens is 2. The van der Waals surface area contributed by atoms with Crippen LogP contribution >= 0.6 is 23.4 Å². The molecule has 2 rings (SSSR count). The first kappa shape index (κ1) is 20.0. The van der Waals surface area contributed by atoms with E-state index in [9.17, 15) is 9.18 Å². The molecule has 0 amide bonds. The number of pyridine rings is 1. The molecule has 1 aromatic carbocycles. The van der Waals surface area contributed by atoms with E-state index >= 15 is 0 Å². The van der Waals surface area contributed by atoms with Gasteiger partial charge in [0.25, 0.3) is 0 Å². The monoisotopic (exact) mass is 321 g/mol. The van der Waals surface area contributed by atoms with E-state index < -0.39 is 11.8 Å². The molecule has 1 aromatic heterocycles. The molecule has 2 aromatic rings. The summed E-state index contributed by atoms with van der Waals surface area (Å²) in [6.07, 6.45) is 0. The molecule has 21 heavy (non-hydrogen) atoms. The Morgan fingerprint density at radius 1 is 1.33 bits per heavy atom. The number of rotatable bonds is 3. The number of hydrogen-bond acceptors (Lipinski definition) is 4. The summed E-state index contributed by atoms with van der Waals surface area (Å²) in [5, 5.41) is 8.64. The van der Waals surface area contributed by atoms with Gasteiger partial charge in [-0.2, -0.15) is 0 Å². The summed E-state index contributed by atoms with van der Waals surface area (Å²) in [4.78, 5) is 15.4. The van der Waals surface area contributed by atoms with Crippen molar-refractivity contribution in [1.29, 1.82) is 0 Å². The van der Waals surface area contributed by atoms with Crippen molar-refractivity contribution in [3.63, 3.8) is 0 Å². The van der Waals surface area contributed by atoms with E-state index in [4.69, 9.17) is 16.7 Å². The van der Waals surface area contributed by atoms with Crippen LogP contribution in [0.1, 0.15) is 15.9 Å². The average Bonchev–Trinajstić information content (AvgIpc) is 2.35. The maximum Gasteiger partial charge on any atom is 1.00 e. The second kappa shape index (κ2) is 8.42. The van der Waals surface area contributed by atoms with Crippen molar-refractivity contribution in [1.82, 2.24) is 4.98 Å². The van der Waals surface area contributed by atoms with Gasteiger partial charge in [0.1, 0.15) is 10.2 Å². The van der Waals surface area contributed by atoms with E-state index in [-0.39, 0.29) is 40.1 Å². The largest absolute Gasteiger partial charge is 1.00 e. The van der Waals surface area contributed by atoms with E-state index in [0.717, 1.165) is 28.3 Å². The molecular weight excluding hydrogens is 312 g/mol. The first-order valence-corrected chi connectivity index (χ1v) is 6.50. The van der Waals surface area contributed by atoms with Crippen LogP contribution in [0.5, 0.6) is 0 Å². The number of carbonyl (C=O) groups is 1. The molecule has 4 nitrogen and oxygen atoms in total. The maximum absolute atomic E-state index is 13.8. The number of aryl methyl sites for hydroxylation is 1. The number of aromatic nitrogens is 1. The van der Waals surface area contributed by atoms with E-state index in [1.165, 1.54) is 0 Å². The number of nitrogens with zero attached hydrogens (tertiary/aromatic N) is 1. The molecule has 0 aliphatic carbocycles. The van der Waals surface area contributed by atoms with Gasteiger partial charge < -0.3 is 10.6 Å². The fourth-order valence-electron chi connectivity index (χ4n) is 1.39. The zero-order valence-corrected chi connectivity index (χ0v) is 12.9. The zero-order valence-electron chi connectivity index (χ0n) is 11.3. The molecule has 1 heterocycles. The van der Waals surface area contributed by atoms with E-state index in [0.29, 0.717) is 0 Å². The van der Waals surface area contributed by atoms with Crippen molar-refractivity contribution in [2.75, 3.05) is 0 Å². The first-order valence-electron chi connectivity index (χ1n) is 5.31. The minimum atomic E-state index is -1.30. The van der Waals surface area contributed by atoms with Crippen LogP contribution in [0.3, 0.4) is 0 Å². The van der Waals surface area contributed by atoms with Crippen molar-refractivity contribution < 1.29 is 38.6 Å². The SMILES string of the molecule is Cc1ccc(Sc2nc(Cl)c(C(=O)O)cc2F)cc1.[Li+].[OH-]. The summed E-state index contributed by atoms with van der Waals surface area (Å²) in [6, 6.07) is 8.34. The molecule has 0 bridgehead atoms. The minimum Gasteiger partial charge on any atom is -0.870 e. The molecule has 0 atom stereocenters. The van der Waals surface area contributed by atoms with Crippen molar-refractivity contribution >= 4 is 29.3 Å². The van der Waals surface area contributed by atoms with Gasteiger partial charge in [-0.25, -0.2) is 14.2 Å². The fraction of sp³-hybridized carbons (Fsp3) is 0.0769. The van der Waals surface area contributed by atoms with Crippen LogP contribution < -0.4 is 18.9 Å². The smallest absolute Gasteiger partial charge is 0.870 e. The van der Waals surface area contributed by atoms with Gasteiger partial charge in [0.15, 0.2) is 5.82 Å². The van der Waals surface area contributed by atoms with Gasteiger partial charge in [-0.15, -0.1) is 0 Å². The Bertz CT molecular complexity index is 640. The van der Waals surface area contributed by atoms with Crippen LogP contribution in [0.4, 0.5) is 4.39 Å². The average molecular weight is 322 g/mol. The molecule has 0 aliphatic heterocycles. The third-order valence-electron chi connectivity index (χ3n) is 2.36. The van der Waals surface area contributed by atoms with E-state index in [2.05, 4.69) is 4.98 Å². The molecule has 0 saturated heterocycles. The first-order chi connectivity index (χ1) is 8.97. The normalized spacial score (nSPS) is 9.48. The van der Waals surface area contributed by atoms with Crippen LogP contribution in [0.2, 0.25) is 5.15 Å². The van der Waals surface area contributed by atoms with Gasteiger partial charge in [0, 0.05) is 4.90 Å². The Morgan fingerprint density at radius 3 is 2.43 bits per heavy atom. The predicted molar refractivity (Wildman–Crippen MR) is 73.4 cm³/mol. The summed E-state index contributed by atoms with van der Waals surface area (Å²) < 4.78 is 13.8. The molecule has 0 spiro atoms. The summed E-state index contributed by atoms with van der Waals surface area (Å²) in [5.41, 5.74) is 0.754. The minimum absolute atomic E-state index is 0. The van der Waals surface area contributed by atoms with Crippen LogP contribution in [-0.2, 0) is 0 Å². The molecule has 0 unspecified atom stereocenters. The Kier molecular flexibility index (Phi) is 8.01. The van der Waals surface area contributed by atoms with Gasteiger partial charge in [-0.3, -0.25) is 0 Å². The summed E-state index contributed by atoms with van der Waals surface area (Å²) >= 11 is 6.81. The van der Waals surface area contributed by atoms with Gasteiger partial charge in [-0.1, -0.05) is 41.1 Å². The third kappa shape index (κ3) is 5.02. The van der Waals surface area contributed by atoms with Crippen molar-refractivity contribution in [2.45, 2.75) is 16.8 Å². The van der Waals surface area contributed by atoms with Gasteiger partial charge in [-0.05, 0) is 25.1 Å². The number of hydrogen-bond donors (Lipinski definition) is 1. The molecule has 8 heteroatoms. The number of aromatic carboxylic acids is 1. The van der Waals surface area contributed by atoms with E-state index in [1.807, 2.05) is 31.2 Å². The Hall–Kier alpha value is -1.03. The standard InChI is InChI=1S/C13H9ClFNO2S.Li.H2O/c1-7-2-4-8(5-3-7)19-12-10(15)6-9(13(17)18)11(14)16-12;;/h2-6H,1H3,(H,17,18);;1H2/q;+1;/p-1. The van der Waals surface area contributed by atoms with Crippen molar-refractivity contribution in [3.05, 3.63) is 52.4 Å². The molecule has 2 N–H and O–H groups in total. The summed E-state index contributed by atoms with van der Waals surface area (Å²) in [7, 11) is 0. The van der Waals surface area contributed by atoms with Crippen LogP contribution in [-0.4, -0.2) is 21.5 Å². The summed E-state index contributed by atoms with van der Waals surface area (Å²) in [6.45, 7) is 1.95. The second-order valence-electron chi connectivity index (χ2n) is 3.83. The van der Waals surface area contributed by atoms with Crippen LogP contribution in [0.25, 0.3) is 0 Å². The second-order valence-corrected chi connectivity index (χ2v) is 5.25. The van der Waals surface area contributed by atoms with Crippen LogP contribution in [0.15, 0.2) is 40.3 Å². The molecular formula is C13H10ClFLiNO3S. The molecule has 106 valence electrons. The Labute approximate surface area is 142 Å². The third-order valence-corrected chi connectivity index (χ3v) is 3.64. The van der Waals surface area contributed by atoms with Crippen molar-refractivity contribution in [2.24, 2.45) is 0 Å². The van der Waals surface area contributed by atoms with Gasteiger partial charge in [0.2, 0.25) is 0 Å². The maximum atomic E-state index is 13.8. The van der Waals surface area contributed by atoms with E-state index in [1.54, 1.807) is 0 Å². The van der Waals surface area contributed by atoms with Gasteiger partial charge >= 0.3 is 24.8 Å². The fourth-order valence-corrected chi connectivity index (χ4v) is 2.45. The topological polar surface area (TPSA) is 80.2 Å². The molecule has 0 fully saturated rings. The predicted octanol–water partition coefficient (Wildman–Crippen LogP) is 0.859. The molecule has 0 aliphatic rings. The van der Waals surface area contributed by atoms with Crippen molar-refractivity contribution in [3.8, 4) is 0 Å². The van der Waals surface area contributed by atoms with Crippen LogP contribution in [0, 0.1) is 12.7 Å². The summed E-state index contributed by atoms with van der Waals surface area (Å²) in [5.74, 6) is -2.00. The zero-order chi connectivity index (χ0) is 14.0. The Balaban J connectivity index is 0.00000200. The number of benzene rings is 1. The molecule has 0 radical (unpaired) electrons. The van der Waals surface area contributed by atoms with Gasteiger partial charge in [0.05, 0.1) is 5.56 Å². The quantitative estimate of drug-likeness (QED) is 0.670. The number of carboxylic acids is 1. The molecule has 0 saturated carbocycles. The number of carboxylic acid groups (broad SMARTS) is 1.